The average Bonchev–Trinajstić information content (AvgIpc) is 3.23. The number of likely N-dealkylation sites (tertiary alicyclic amines) is 1. The summed E-state index contributed by atoms with van der Waals surface area (Å²) in [6.07, 6.45) is 1.66. The fraction of sp³-hybridized carbons (Fsp3) is 0.684. The quantitative estimate of drug-likeness (QED) is 0.761. The van der Waals surface area contributed by atoms with Crippen LogP contribution in [0, 0.1) is 11.7 Å². The second-order valence-electron chi connectivity index (χ2n) is 7.58. The van der Waals surface area contributed by atoms with Crippen molar-refractivity contribution in [3.05, 3.63) is 17.4 Å². The molecule has 6 nitrogen and oxygen atoms in total. The molecule has 2 aliphatic rings. The van der Waals surface area contributed by atoms with E-state index in [2.05, 4.69) is 10.3 Å². The van der Waals surface area contributed by atoms with Crippen molar-refractivity contribution in [2.45, 2.75) is 50.6 Å². The first-order chi connectivity index (χ1) is 13.3. The van der Waals surface area contributed by atoms with Crippen LogP contribution < -0.4 is 14.8 Å². The van der Waals surface area contributed by atoms with Crippen molar-refractivity contribution in [3.8, 4) is 11.8 Å². The number of amides is 1. The minimum atomic E-state index is -2.67. The van der Waals surface area contributed by atoms with Gasteiger partial charge in [0.15, 0.2) is 5.82 Å². The molecule has 1 N–H and O–H groups in total. The van der Waals surface area contributed by atoms with E-state index in [4.69, 9.17) is 9.47 Å². The molecule has 1 aromatic heterocycles. The maximum absolute atomic E-state index is 14.4. The van der Waals surface area contributed by atoms with Gasteiger partial charge in [0.1, 0.15) is 0 Å². The summed E-state index contributed by atoms with van der Waals surface area (Å²) in [5.74, 6) is -3.99. The number of halogens is 3. The van der Waals surface area contributed by atoms with E-state index in [0.717, 1.165) is 19.4 Å². The minimum Gasteiger partial charge on any atom is -0.481 e. The van der Waals surface area contributed by atoms with E-state index in [9.17, 15) is 18.0 Å². The Morgan fingerprint density at radius 3 is 2.79 bits per heavy atom. The topological polar surface area (TPSA) is 63.7 Å². The van der Waals surface area contributed by atoms with Crippen LogP contribution in [0.1, 0.15) is 37.7 Å². The van der Waals surface area contributed by atoms with Crippen LogP contribution in [0.15, 0.2) is 6.07 Å². The van der Waals surface area contributed by atoms with Crippen molar-refractivity contribution in [1.29, 1.82) is 0 Å². The average molecular weight is 401 g/mol. The molecular weight excluding hydrogens is 375 g/mol. The van der Waals surface area contributed by atoms with Gasteiger partial charge in [-0.25, -0.2) is 13.2 Å². The van der Waals surface area contributed by atoms with Crippen LogP contribution in [-0.2, 0) is 11.3 Å². The molecule has 1 amide bonds. The zero-order valence-corrected chi connectivity index (χ0v) is 16.1. The number of rotatable bonds is 7. The molecule has 2 heterocycles. The summed E-state index contributed by atoms with van der Waals surface area (Å²) in [7, 11) is 3.28. The number of alkyl halides is 2. The van der Waals surface area contributed by atoms with Crippen molar-refractivity contribution in [1.82, 2.24) is 15.2 Å². The summed E-state index contributed by atoms with van der Waals surface area (Å²) in [4.78, 5) is 18.3. The van der Waals surface area contributed by atoms with E-state index in [0.29, 0.717) is 12.0 Å². The molecule has 0 radical (unpaired) electrons. The summed E-state index contributed by atoms with van der Waals surface area (Å²) >= 11 is 0. The van der Waals surface area contributed by atoms with Crippen LogP contribution >= 0.6 is 0 Å². The molecule has 2 atom stereocenters. The van der Waals surface area contributed by atoms with Gasteiger partial charge in [-0.15, -0.1) is 0 Å². The zero-order chi connectivity index (χ0) is 20.3. The van der Waals surface area contributed by atoms with Gasteiger partial charge in [-0.2, -0.15) is 4.98 Å². The van der Waals surface area contributed by atoms with Crippen LogP contribution in [0.4, 0.5) is 13.2 Å². The molecular formula is C19H26F3N3O3. The van der Waals surface area contributed by atoms with Crippen LogP contribution in [0.2, 0.25) is 0 Å². The largest absolute Gasteiger partial charge is 0.481 e. The maximum Gasteiger partial charge on any atom is 0.253 e. The first-order valence-electron chi connectivity index (χ1n) is 9.51. The highest BCUT2D eigenvalue weighted by Crippen LogP contribution is 2.39. The minimum absolute atomic E-state index is 0.0211. The van der Waals surface area contributed by atoms with Crippen molar-refractivity contribution in [2.24, 2.45) is 5.92 Å². The second kappa shape index (κ2) is 8.55. The van der Waals surface area contributed by atoms with Gasteiger partial charge in [0.05, 0.1) is 19.8 Å². The molecule has 9 heteroatoms. The number of aromatic nitrogens is 1. The number of nitrogens with zero attached hydrogens (tertiary/aromatic N) is 2. The second-order valence-corrected chi connectivity index (χ2v) is 7.58. The highest BCUT2D eigenvalue weighted by atomic mass is 19.3. The molecule has 0 bridgehead atoms. The number of hydrogen-bond donors (Lipinski definition) is 1. The maximum atomic E-state index is 14.4. The number of nitrogens with one attached hydrogen (secondary N) is 1. The number of likely N-dealkylation sites (N-methyl/N-ethyl adjacent to an activating group) is 1. The van der Waals surface area contributed by atoms with Gasteiger partial charge in [-0.3, -0.25) is 9.69 Å². The first kappa shape index (κ1) is 20.7. The van der Waals surface area contributed by atoms with E-state index in [1.165, 1.54) is 13.2 Å². The molecule has 1 saturated heterocycles. The van der Waals surface area contributed by atoms with E-state index in [1.807, 2.05) is 11.9 Å². The van der Waals surface area contributed by atoms with E-state index in [-0.39, 0.29) is 55.6 Å². The van der Waals surface area contributed by atoms with E-state index in [1.54, 1.807) is 0 Å². The SMILES string of the molecule is COc1nc(OC[C@@H]2CCC(F)(F)C2)c(F)cc1CNC(=O)[C@H]1CCCN1C. The van der Waals surface area contributed by atoms with Crippen molar-refractivity contribution >= 4 is 5.91 Å². The predicted molar refractivity (Wildman–Crippen MR) is 96.0 cm³/mol. The Labute approximate surface area is 162 Å². The number of methoxy groups -OCH3 is 1. The van der Waals surface area contributed by atoms with Crippen LogP contribution in [0.3, 0.4) is 0 Å². The Morgan fingerprint density at radius 2 is 2.18 bits per heavy atom. The van der Waals surface area contributed by atoms with Crippen LogP contribution in [0.25, 0.3) is 0 Å². The summed E-state index contributed by atoms with van der Waals surface area (Å²) in [5.41, 5.74) is 0.383. The summed E-state index contributed by atoms with van der Waals surface area (Å²) < 4.78 is 51.4. The van der Waals surface area contributed by atoms with Gasteiger partial charge in [-0.1, -0.05) is 0 Å². The smallest absolute Gasteiger partial charge is 0.253 e. The Hall–Kier alpha value is -2.03. The lowest BCUT2D eigenvalue weighted by atomic mass is 10.1. The zero-order valence-electron chi connectivity index (χ0n) is 16.1. The Bertz CT molecular complexity index is 717. The normalized spacial score (nSPS) is 24.3. The highest BCUT2D eigenvalue weighted by Gasteiger charge is 2.39. The molecule has 1 aliphatic heterocycles. The molecule has 0 aromatic carbocycles. The first-order valence-corrected chi connectivity index (χ1v) is 9.51. The van der Waals surface area contributed by atoms with Crippen LogP contribution in [-0.4, -0.2) is 55.1 Å². The van der Waals surface area contributed by atoms with Crippen molar-refractivity contribution in [3.63, 3.8) is 0 Å². The Morgan fingerprint density at radius 1 is 1.39 bits per heavy atom. The van der Waals surface area contributed by atoms with Gasteiger partial charge in [0, 0.05) is 24.9 Å². The molecule has 2 fully saturated rings. The van der Waals surface area contributed by atoms with Gasteiger partial charge in [0.25, 0.3) is 5.88 Å². The molecule has 156 valence electrons. The fourth-order valence-electron chi connectivity index (χ4n) is 3.82. The molecule has 0 spiro atoms. The predicted octanol–water partition coefficient (Wildman–Crippen LogP) is 2.75. The van der Waals surface area contributed by atoms with Crippen molar-refractivity contribution in [2.75, 3.05) is 27.3 Å². The summed E-state index contributed by atoms with van der Waals surface area (Å²) in [6.45, 7) is 0.925. The van der Waals surface area contributed by atoms with Gasteiger partial charge >= 0.3 is 0 Å². The molecule has 1 aromatic rings. The lowest BCUT2D eigenvalue weighted by molar-refractivity contribution is -0.125. The Kier molecular flexibility index (Phi) is 6.32. The molecule has 28 heavy (non-hydrogen) atoms. The third-order valence-electron chi connectivity index (χ3n) is 5.41. The van der Waals surface area contributed by atoms with Gasteiger partial charge in [0.2, 0.25) is 17.7 Å². The third kappa shape index (κ3) is 4.87. The number of carbonyl (C=O) groups excluding carboxylic acids is 1. The lowest BCUT2D eigenvalue weighted by Crippen LogP contribution is -2.41. The highest BCUT2D eigenvalue weighted by molar-refractivity contribution is 5.82. The molecule has 1 saturated carbocycles. The standard InChI is InChI=1S/C19H26F3N3O3/c1-25-7-3-4-15(25)16(26)23-10-13-8-14(20)18(24-17(13)27-2)28-11-12-5-6-19(21,22)9-12/h8,12,15H,3-7,9-11H2,1-2H3,(H,23,26)/t12-,15-/m1/s1. The lowest BCUT2D eigenvalue weighted by Gasteiger charge is -2.19. The summed E-state index contributed by atoms with van der Waals surface area (Å²) in [5, 5.41) is 2.79. The third-order valence-corrected chi connectivity index (χ3v) is 5.41. The number of pyridine rings is 1. The van der Waals surface area contributed by atoms with Crippen LogP contribution in [0.5, 0.6) is 11.8 Å². The number of hydrogen-bond acceptors (Lipinski definition) is 5. The van der Waals surface area contributed by atoms with E-state index >= 15 is 0 Å². The van der Waals surface area contributed by atoms with Gasteiger partial charge in [-0.05, 0) is 44.8 Å². The number of ether oxygens (including phenoxy) is 2. The van der Waals surface area contributed by atoms with E-state index < -0.39 is 11.7 Å². The fourth-order valence-corrected chi connectivity index (χ4v) is 3.82. The molecule has 1 aliphatic carbocycles. The summed E-state index contributed by atoms with van der Waals surface area (Å²) in [6, 6.07) is 1.01. The number of carbonyl (C=O) groups is 1. The van der Waals surface area contributed by atoms with Gasteiger partial charge < -0.3 is 14.8 Å². The molecule has 3 rings (SSSR count). The Balaban J connectivity index is 1.60. The van der Waals surface area contributed by atoms with Crippen molar-refractivity contribution < 1.29 is 27.4 Å². The monoisotopic (exact) mass is 401 g/mol. The molecule has 0 unspecified atom stereocenters.